The fourth-order valence-electron chi connectivity index (χ4n) is 1.36. The zero-order valence-corrected chi connectivity index (χ0v) is 11.7. The normalized spacial score (nSPS) is 12.4. The fraction of sp³-hybridized carbons (Fsp3) is 0.714. The number of amides is 1. The Morgan fingerprint density at radius 1 is 1.33 bits per heavy atom. The molecule has 1 unspecified atom stereocenters. The molecule has 0 saturated heterocycles. The van der Waals surface area contributed by atoms with Crippen LogP contribution in [-0.2, 0) is 14.3 Å². The molecule has 4 nitrogen and oxygen atoms in total. The van der Waals surface area contributed by atoms with E-state index < -0.39 is 5.60 Å². The third-order valence-electron chi connectivity index (χ3n) is 2.09. The second kappa shape index (κ2) is 7.75. The zero-order valence-electron chi connectivity index (χ0n) is 11.7. The minimum absolute atomic E-state index is 0.0759. The second-order valence-electron chi connectivity index (χ2n) is 5.16. The third-order valence-corrected chi connectivity index (χ3v) is 2.09. The van der Waals surface area contributed by atoms with Gasteiger partial charge in [0.05, 0.1) is 12.5 Å². The molecule has 0 aromatic heterocycles. The molecule has 0 rings (SSSR count). The number of rotatable bonds is 6. The standard InChI is InChI=1S/C14H23NO3/c1-6-8-11(7-2)15-12(16)9-10-13(17)18-14(3,4)5/h2,11H,6,8-10H2,1,3-5H3,(H,15,16). The lowest BCUT2D eigenvalue weighted by atomic mass is 10.1. The topological polar surface area (TPSA) is 55.4 Å². The van der Waals surface area contributed by atoms with Crippen molar-refractivity contribution in [2.24, 2.45) is 0 Å². The molecule has 0 fully saturated rings. The summed E-state index contributed by atoms with van der Waals surface area (Å²) < 4.78 is 5.11. The average molecular weight is 253 g/mol. The van der Waals surface area contributed by atoms with E-state index in [1.165, 1.54) is 0 Å². The third kappa shape index (κ3) is 8.63. The Morgan fingerprint density at radius 2 is 1.94 bits per heavy atom. The van der Waals surface area contributed by atoms with Crippen molar-refractivity contribution < 1.29 is 14.3 Å². The summed E-state index contributed by atoms with van der Waals surface area (Å²) >= 11 is 0. The molecule has 0 saturated carbocycles. The van der Waals surface area contributed by atoms with Crippen molar-refractivity contribution in [3.63, 3.8) is 0 Å². The highest BCUT2D eigenvalue weighted by Crippen LogP contribution is 2.09. The number of ether oxygens (including phenoxy) is 1. The summed E-state index contributed by atoms with van der Waals surface area (Å²) in [4.78, 5) is 22.9. The molecular weight excluding hydrogens is 230 g/mol. The van der Waals surface area contributed by atoms with Gasteiger partial charge in [0.2, 0.25) is 5.91 Å². The highest BCUT2D eigenvalue weighted by Gasteiger charge is 2.17. The largest absolute Gasteiger partial charge is 0.460 e. The van der Waals surface area contributed by atoms with E-state index in [9.17, 15) is 9.59 Å². The Kier molecular flexibility index (Phi) is 7.11. The lowest BCUT2D eigenvalue weighted by molar-refractivity contribution is -0.155. The van der Waals surface area contributed by atoms with Crippen molar-refractivity contribution in [2.45, 2.75) is 65.0 Å². The summed E-state index contributed by atoms with van der Waals surface area (Å²) in [6, 6.07) is -0.249. The first-order valence-corrected chi connectivity index (χ1v) is 6.25. The highest BCUT2D eigenvalue weighted by molar-refractivity contribution is 5.81. The molecule has 1 atom stereocenters. The maximum atomic E-state index is 11.5. The molecule has 102 valence electrons. The lowest BCUT2D eigenvalue weighted by Crippen LogP contribution is -2.34. The Bertz CT molecular complexity index is 323. The molecule has 1 amide bonds. The van der Waals surface area contributed by atoms with Crippen LogP contribution in [0.15, 0.2) is 0 Å². The van der Waals surface area contributed by atoms with E-state index in [-0.39, 0.29) is 30.8 Å². The molecule has 18 heavy (non-hydrogen) atoms. The van der Waals surface area contributed by atoms with Gasteiger partial charge in [0.1, 0.15) is 5.60 Å². The van der Waals surface area contributed by atoms with Gasteiger partial charge in [0.15, 0.2) is 0 Å². The van der Waals surface area contributed by atoms with Gasteiger partial charge in [-0.2, -0.15) is 0 Å². The average Bonchev–Trinajstić information content (AvgIpc) is 2.23. The van der Waals surface area contributed by atoms with Gasteiger partial charge in [-0.1, -0.05) is 19.3 Å². The Balaban J connectivity index is 3.97. The van der Waals surface area contributed by atoms with Crippen LogP contribution in [0.3, 0.4) is 0 Å². The smallest absolute Gasteiger partial charge is 0.306 e. The summed E-state index contributed by atoms with van der Waals surface area (Å²) in [5.41, 5.74) is -0.517. The zero-order chi connectivity index (χ0) is 14.2. The molecule has 0 spiro atoms. The Labute approximate surface area is 109 Å². The van der Waals surface area contributed by atoms with Crippen LogP contribution in [0.2, 0.25) is 0 Å². The Morgan fingerprint density at radius 3 is 2.39 bits per heavy atom. The van der Waals surface area contributed by atoms with Crippen molar-refractivity contribution in [2.75, 3.05) is 0 Å². The van der Waals surface area contributed by atoms with Gasteiger partial charge in [0.25, 0.3) is 0 Å². The molecule has 0 aliphatic carbocycles. The maximum absolute atomic E-state index is 11.5. The van der Waals surface area contributed by atoms with Crippen LogP contribution in [0.25, 0.3) is 0 Å². The van der Waals surface area contributed by atoms with Crippen LogP contribution < -0.4 is 5.32 Å². The molecule has 0 aromatic carbocycles. The summed E-state index contributed by atoms with van der Waals surface area (Å²) in [6.07, 6.45) is 7.12. The van der Waals surface area contributed by atoms with Gasteiger partial charge in [-0.15, -0.1) is 6.42 Å². The van der Waals surface area contributed by atoms with E-state index in [1.54, 1.807) is 20.8 Å². The molecule has 0 bridgehead atoms. The molecule has 0 heterocycles. The molecule has 0 aliphatic rings. The van der Waals surface area contributed by atoms with E-state index in [0.29, 0.717) is 0 Å². The molecule has 1 N–H and O–H groups in total. The van der Waals surface area contributed by atoms with Crippen LogP contribution in [0.4, 0.5) is 0 Å². The van der Waals surface area contributed by atoms with Crippen LogP contribution in [0, 0.1) is 12.3 Å². The number of carbonyl (C=O) groups excluding carboxylic acids is 2. The SMILES string of the molecule is C#CC(CCC)NC(=O)CCC(=O)OC(C)(C)C. The van der Waals surface area contributed by atoms with Crippen LogP contribution in [0.5, 0.6) is 0 Å². The molecule has 0 aliphatic heterocycles. The van der Waals surface area contributed by atoms with Gasteiger partial charge < -0.3 is 10.1 Å². The Hall–Kier alpha value is -1.50. The first kappa shape index (κ1) is 16.5. The fourth-order valence-corrected chi connectivity index (χ4v) is 1.36. The number of hydrogen-bond donors (Lipinski definition) is 1. The van der Waals surface area contributed by atoms with Gasteiger partial charge in [0, 0.05) is 6.42 Å². The molecule has 0 radical (unpaired) electrons. The van der Waals surface area contributed by atoms with Crippen molar-refractivity contribution >= 4 is 11.9 Å². The number of hydrogen-bond acceptors (Lipinski definition) is 3. The van der Waals surface area contributed by atoms with Crippen molar-refractivity contribution in [3.8, 4) is 12.3 Å². The van der Waals surface area contributed by atoms with E-state index in [1.807, 2.05) is 6.92 Å². The summed E-state index contributed by atoms with van der Waals surface area (Å²) in [5, 5.41) is 2.70. The summed E-state index contributed by atoms with van der Waals surface area (Å²) in [5.74, 6) is 1.93. The van der Waals surface area contributed by atoms with Crippen molar-refractivity contribution in [1.82, 2.24) is 5.32 Å². The number of esters is 1. The van der Waals surface area contributed by atoms with E-state index in [2.05, 4.69) is 11.2 Å². The predicted molar refractivity (Wildman–Crippen MR) is 70.8 cm³/mol. The van der Waals surface area contributed by atoms with Gasteiger partial charge in [-0.25, -0.2) is 0 Å². The highest BCUT2D eigenvalue weighted by atomic mass is 16.6. The maximum Gasteiger partial charge on any atom is 0.306 e. The number of nitrogens with one attached hydrogen (secondary N) is 1. The summed E-state index contributed by atoms with van der Waals surface area (Å²) in [7, 11) is 0. The van der Waals surface area contributed by atoms with Crippen molar-refractivity contribution in [1.29, 1.82) is 0 Å². The van der Waals surface area contributed by atoms with E-state index in [0.717, 1.165) is 12.8 Å². The van der Waals surface area contributed by atoms with Gasteiger partial charge >= 0.3 is 5.97 Å². The minimum Gasteiger partial charge on any atom is -0.460 e. The van der Waals surface area contributed by atoms with E-state index >= 15 is 0 Å². The number of carbonyl (C=O) groups is 2. The monoisotopic (exact) mass is 253 g/mol. The molecule has 0 aromatic rings. The van der Waals surface area contributed by atoms with E-state index in [4.69, 9.17) is 11.2 Å². The summed E-state index contributed by atoms with van der Waals surface area (Å²) in [6.45, 7) is 7.37. The number of terminal acetylenes is 1. The molecular formula is C14H23NO3. The van der Waals surface area contributed by atoms with Crippen LogP contribution in [0.1, 0.15) is 53.4 Å². The quantitative estimate of drug-likeness (QED) is 0.582. The van der Waals surface area contributed by atoms with Crippen LogP contribution in [-0.4, -0.2) is 23.5 Å². The minimum atomic E-state index is -0.517. The first-order chi connectivity index (χ1) is 8.28. The van der Waals surface area contributed by atoms with Crippen molar-refractivity contribution in [3.05, 3.63) is 0 Å². The molecule has 4 heteroatoms. The van der Waals surface area contributed by atoms with Gasteiger partial charge in [-0.3, -0.25) is 9.59 Å². The second-order valence-corrected chi connectivity index (χ2v) is 5.16. The van der Waals surface area contributed by atoms with Crippen LogP contribution >= 0.6 is 0 Å². The first-order valence-electron chi connectivity index (χ1n) is 6.25. The predicted octanol–water partition coefficient (Wildman–Crippen LogP) is 2.03. The van der Waals surface area contributed by atoms with Gasteiger partial charge in [-0.05, 0) is 27.2 Å². The lowest BCUT2D eigenvalue weighted by Gasteiger charge is -2.19.